The summed E-state index contributed by atoms with van der Waals surface area (Å²) in [6.07, 6.45) is 1.84. The van der Waals surface area contributed by atoms with Gasteiger partial charge in [-0.05, 0) is 19.3 Å². The van der Waals surface area contributed by atoms with Crippen molar-refractivity contribution in [3.63, 3.8) is 0 Å². The summed E-state index contributed by atoms with van der Waals surface area (Å²) in [5, 5.41) is 10.6. The van der Waals surface area contributed by atoms with E-state index < -0.39 is 0 Å². The molecule has 2 rings (SSSR count). The van der Waals surface area contributed by atoms with E-state index >= 15 is 0 Å². The molecule has 2 heterocycles. The maximum atomic E-state index is 5.48. The topological polar surface area (TPSA) is 87.8 Å². The Morgan fingerprint density at radius 2 is 2.04 bits per heavy atom. The molecular formula is C17H32N6O2. The Hall–Kier alpha value is -1.67. The van der Waals surface area contributed by atoms with Gasteiger partial charge in [-0.2, -0.15) is 4.98 Å². The highest BCUT2D eigenvalue weighted by Gasteiger charge is 2.22. The van der Waals surface area contributed by atoms with Gasteiger partial charge in [0.25, 0.3) is 0 Å². The standard InChI is InChI=1S/C17H32N6O2/c1-13(2)11-15(23-7-9-24-10-8-23)12-20-17(18-4)19-6-5-16-21-14(3)22-25-16/h13,15H,5-12H2,1-4H3,(H2,18,19,20). The van der Waals surface area contributed by atoms with Crippen molar-refractivity contribution in [1.29, 1.82) is 0 Å². The fourth-order valence-corrected chi connectivity index (χ4v) is 3.01. The number of hydrogen-bond acceptors (Lipinski definition) is 6. The third-order valence-corrected chi connectivity index (χ3v) is 4.24. The predicted octanol–water partition coefficient (Wildman–Crippen LogP) is 0.832. The molecule has 25 heavy (non-hydrogen) atoms. The molecule has 142 valence electrons. The SMILES string of the molecule is CN=C(NCCc1nc(C)no1)NCC(CC(C)C)N1CCOCC1. The number of nitrogens with zero attached hydrogens (tertiary/aromatic N) is 4. The maximum Gasteiger partial charge on any atom is 0.228 e. The molecule has 1 fully saturated rings. The molecule has 0 radical (unpaired) electrons. The summed E-state index contributed by atoms with van der Waals surface area (Å²) in [6.45, 7) is 11.6. The van der Waals surface area contributed by atoms with Gasteiger partial charge in [-0.15, -0.1) is 0 Å². The minimum Gasteiger partial charge on any atom is -0.379 e. The van der Waals surface area contributed by atoms with Crippen LogP contribution in [0.3, 0.4) is 0 Å². The van der Waals surface area contributed by atoms with Crippen molar-refractivity contribution < 1.29 is 9.26 Å². The number of nitrogens with one attached hydrogen (secondary N) is 2. The zero-order chi connectivity index (χ0) is 18.1. The lowest BCUT2D eigenvalue weighted by molar-refractivity contribution is 0.0132. The van der Waals surface area contributed by atoms with E-state index in [0.29, 0.717) is 36.6 Å². The number of aryl methyl sites for hydroxylation is 1. The van der Waals surface area contributed by atoms with Crippen LogP contribution in [0.5, 0.6) is 0 Å². The number of morpholine rings is 1. The summed E-state index contributed by atoms with van der Waals surface area (Å²) in [7, 11) is 1.79. The van der Waals surface area contributed by atoms with E-state index in [0.717, 1.165) is 45.2 Å². The summed E-state index contributed by atoms with van der Waals surface area (Å²) in [4.78, 5) is 11.0. The molecule has 1 saturated heterocycles. The second-order valence-electron chi connectivity index (χ2n) is 6.80. The molecule has 1 aromatic rings. The second-order valence-corrected chi connectivity index (χ2v) is 6.80. The Morgan fingerprint density at radius 3 is 2.64 bits per heavy atom. The molecule has 0 aromatic carbocycles. The van der Waals surface area contributed by atoms with Crippen molar-refractivity contribution in [2.45, 2.75) is 39.7 Å². The molecule has 1 aromatic heterocycles. The first-order chi connectivity index (χ1) is 12.1. The molecule has 1 aliphatic heterocycles. The Balaban J connectivity index is 1.77. The molecule has 8 nitrogen and oxygen atoms in total. The molecule has 8 heteroatoms. The van der Waals surface area contributed by atoms with E-state index in [1.165, 1.54) is 0 Å². The van der Waals surface area contributed by atoms with Gasteiger partial charge in [0.15, 0.2) is 11.8 Å². The van der Waals surface area contributed by atoms with Crippen molar-refractivity contribution in [3.05, 3.63) is 11.7 Å². The largest absolute Gasteiger partial charge is 0.379 e. The van der Waals surface area contributed by atoms with Gasteiger partial charge in [0.1, 0.15) is 0 Å². The molecule has 0 saturated carbocycles. The molecule has 0 aliphatic carbocycles. The fraction of sp³-hybridized carbons (Fsp3) is 0.824. The summed E-state index contributed by atoms with van der Waals surface area (Å²) in [5.41, 5.74) is 0. The van der Waals surface area contributed by atoms with Crippen molar-refractivity contribution >= 4 is 5.96 Å². The first kappa shape index (κ1) is 19.7. The van der Waals surface area contributed by atoms with Gasteiger partial charge in [-0.1, -0.05) is 19.0 Å². The lowest BCUT2D eigenvalue weighted by Gasteiger charge is -2.35. The summed E-state index contributed by atoms with van der Waals surface area (Å²) < 4.78 is 10.6. The highest BCUT2D eigenvalue weighted by atomic mass is 16.5. The first-order valence-electron chi connectivity index (χ1n) is 9.14. The highest BCUT2D eigenvalue weighted by Crippen LogP contribution is 2.12. The average molecular weight is 352 g/mol. The predicted molar refractivity (Wildman–Crippen MR) is 97.7 cm³/mol. The highest BCUT2D eigenvalue weighted by molar-refractivity contribution is 5.79. The Kier molecular flexibility index (Phi) is 8.14. The van der Waals surface area contributed by atoms with Crippen LogP contribution in [0.2, 0.25) is 0 Å². The number of guanidine groups is 1. The van der Waals surface area contributed by atoms with Gasteiger partial charge in [0, 0.05) is 45.7 Å². The summed E-state index contributed by atoms with van der Waals surface area (Å²) in [6, 6.07) is 0.487. The minimum atomic E-state index is 0.487. The molecule has 0 bridgehead atoms. The monoisotopic (exact) mass is 352 g/mol. The zero-order valence-corrected chi connectivity index (χ0v) is 15.9. The smallest absolute Gasteiger partial charge is 0.228 e. The Bertz CT molecular complexity index is 525. The van der Waals surface area contributed by atoms with Crippen LogP contribution in [0.25, 0.3) is 0 Å². The number of aliphatic imine (C=N–C) groups is 1. The van der Waals surface area contributed by atoms with E-state index in [9.17, 15) is 0 Å². The quantitative estimate of drug-likeness (QED) is 0.529. The van der Waals surface area contributed by atoms with E-state index in [1.807, 2.05) is 6.92 Å². The molecule has 1 atom stereocenters. The van der Waals surface area contributed by atoms with Crippen LogP contribution in [0, 0.1) is 12.8 Å². The molecular weight excluding hydrogens is 320 g/mol. The number of ether oxygens (including phenoxy) is 1. The molecule has 2 N–H and O–H groups in total. The number of aromatic nitrogens is 2. The lowest BCUT2D eigenvalue weighted by Crippen LogP contribution is -2.51. The normalized spacial score (nSPS) is 17.7. The van der Waals surface area contributed by atoms with Crippen molar-refractivity contribution in [1.82, 2.24) is 25.7 Å². The number of hydrogen-bond donors (Lipinski definition) is 2. The van der Waals surface area contributed by atoms with Crippen LogP contribution in [-0.4, -0.2) is 73.5 Å². The molecule has 0 amide bonds. The van der Waals surface area contributed by atoms with Crippen LogP contribution in [-0.2, 0) is 11.2 Å². The molecule has 1 unspecified atom stereocenters. The van der Waals surface area contributed by atoms with Crippen molar-refractivity contribution in [2.24, 2.45) is 10.9 Å². The third-order valence-electron chi connectivity index (χ3n) is 4.24. The van der Waals surface area contributed by atoms with Gasteiger partial charge in [0.2, 0.25) is 5.89 Å². The van der Waals surface area contributed by atoms with Gasteiger partial charge in [0.05, 0.1) is 13.2 Å². The summed E-state index contributed by atoms with van der Waals surface area (Å²) >= 11 is 0. The van der Waals surface area contributed by atoms with Crippen LogP contribution >= 0.6 is 0 Å². The van der Waals surface area contributed by atoms with Crippen LogP contribution < -0.4 is 10.6 Å². The Labute approximate surface area is 150 Å². The minimum absolute atomic E-state index is 0.487. The van der Waals surface area contributed by atoms with Gasteiger partial charge in [-0.25, -0.2) is 0 Å². The van der Waals surface area contributed by atoms with E-state index in [2.05, 4.69) is 44.5 Å². The molecule has 0 spiro atoms. The van der Waals surface area contributed by atoms with E-state index in [1.54, 1.807) is 7.05 Å². The maximum absolute atomic E-state index is 5.48. The average Bonchev–Trinajstić information content (AvgIpc) is 3.02. The van der Waals surface area contributed by atoms with Crippen LogP contribution in [0.15, 0.2) is 9.52 Å². The number of rotatable bonds is 8. The first-order valence-corrected chi connectivity index (χ1v) is 9.14. The van der Waals surface area contributed by atoms with Crippen molar-refractivity contribution in [2.75, 3.05) is 46.4 Å². The summed E-state index contributed by atoms with van der Waals surface area (Å²) in [5.74, 6) is 2.77. The van der Waals surface area contributed by atoms with E-state index in [-0.39, 0.29) is 0 Å². The Morgan fingerprint density at radius 1 is 1.28 bits per heavy atom. The second kappa shape index (κ2) is 10.4. The van der Waals surface area contributed by atoms with Crippen LogP contribution in [0.1, 0.15) is 32.0 Å². The fourth-order valence-electron chi connectivity index (χ4n) is 3.01. The third kappa shape index (κ3) is 6.99. The zero-order valence-electron chi connectivity index (χ0n) is 15.9. The van der Waals surface area contributed by atoms with Gasteiger partial charge >= 0.3 is 0 Å². The van der Waals surface area contributed by atoms with E-state index in [4.69, 9.17) is 9.26 Å². The lowest BCUT2D eigenvalue weighted by atomic mass is 10.0. The van der Waals surface area contributed by atoms with Crippen LogP contribution in [0.4, 0.5) is 0 Å². The van der Waals surface area contributed by atoms with Gasteiger partial charge < -0.3 is 19.9 Å². The van der Waals surface area contributed by atoms with Crippen molar-refractivity contribution in [3.8, 4) is 0 Å². The van der Waals surface area contributed by atoms with Gasteiger partial charge in [-0.3, -0.25) is 9.89 Å². The molecule has 1 aliphatic rings.